The molecule has 2 aliphatic heterocycles. The topological polar surface area (TPSA) is 99.3 Å². The molecule has 0 aromatic carbocycles. The van der Waals surface area contributed by atoms with Gasteiger partial charge in [0, 0.05) is 25.2 Å². The number of carbonyl (C=O) groups is 4. The summed E-state index contributed by atoms with van der Waals surface area (Å²) < 4.78 is 5.75. The molecule has 0 bridgehead atoms. The van der Waals surface area contributed by atoms with Crippen molar-refractivity contribution in [3.8, 4) is 0 Å². The van der Waals surface area contributed by atoms with E-state index >= 15 is 0 Å². The molecule has 2 saturated heterocycles. The molecular formula is C33H56N4O5. The Bertz CT molecular complexity index is 987. The smallest absolute Gasteiger partial charge is 0.329 e. The van der Waals surface area contributed by atoms with Gasteiger partial charge in [0.25, 0.3) is 0 Å². The molecule has 42 heavy (non-hydrogen) atoms. The van der Waals surface area contributed by atoms with Gasteiger partial charge in [-0.2, -0.15) is 0 Å². The average Bonchev–Trinajstić information content (AvgIpc) is 3.65. The van der Waals surface area contributed by atoms with E-state index in [0.29, 0.717) is 18.5 Å². The molecule has 3 aliphatic rings. The number of piperidine rings is 1. The molecule has 2 heterocycles. The molecule has 3 rings (SSSR count). The van der Waals surface area contributed by atoms with Crippen LogP contribution < -0.4 is 5.32 Å². The van der Waals surface area contributed by atoms with Crippen molar-refractivity contribution in [1.29, 1.82) is 0 Å². The molecule has 0 aromatic heterocycles. The number of carbonyl (C=O) groups excluding carboxylic acids is 4. The van der Waals surface area contributed by atoms with Gasteiger partial charge in [0.15, 0.2) is 0 Å². The van der Waals surface area contributed by atoms with Crippen molar-refractivity contribution in [2.45, 2.75) is 143 Å². The van der Waals surface area contributed by atoms with Crippen molar-refractivity contribution >= 4 is 23.7 Å². The summed E-state index contributed by atoms with van der Waals surface area (Å²) in [5, 5.41) is 3.10. The summed E-state index contributed by atoms with van der Waals surface area (Å²) in [6.07, 6.45) is 10.0. The zero-order valence-electron chi connectivity index (χ0n) is 27.4. The van der Waals surface area contributed by atoms with Crippen molar-refractivity contribution < 1.29 is 23.9 Å². The molecule has 1 unspecified atom stereocenters. The molecule has 3 fully saturated rings. The molecule has 3 amide bonds. The Morgan fingerprint density at radius 2 is 1.45 bits per heavy atom. The largest absolute Gasteiger partial charge is 0.461 e. The summed E-state index contributed by atoms with van der Waals surface area (Å²) in [5.74, 6) is -0.807. The average molecular weight is 589 g/mol. The fourth-order valence-corrected chi connectivity index (χ4v) is 6.79. The summed E-state index contributed by atoms with van der Waals surface area (Å²) in [4.78, 5) is 59.4. The second-order valence-electron chi connectivity index (χ2n) is 13.6. The molecule has 9 nitrogen and oxygen atoms in total. The monoisotopic (exact) mass is 588 g/mol. The molecule has 1 N–H and O–H groups in total. The summed E-state index contributed by atoms with van der Waals surface area (Å²) in [5.41, 5.74) is 0.508. The number of nitrogens with one attached hydrogen (secondary N) is 1. The number of likely N-dealkylation sites (tertiary alicyclic amines) is 2. The lowest BCUT2D eigenvalue weighted by molar-refractivity contribution is -0.157. The van der Waals surface area contributed by atoms with Gasteiger partial charge in [-0.1, -0.05) is 40.2 Å². The van der Waals surface area contributed by atoms with Gasteiger partial charge in [-0.15, -0.1) is 0 Å². The number of hydrogen-bond acceptors (Lipinski definition) is 6. The molecule has 1 saturated carbocycles. The summed E-state index contributed by atoms with van der Waals surface area (Å²) >= 11 is 0. The number of esters is 1. The SMILES string of the molecule is CC(=C[C@H](C(C)C)N(C)C(=O)[C@@H](NC(=O)C1CCCCN1C(C)C)C(C)C)C(=O)N1CCC[C@H]1C(=O)OC1CCCC1. The van der Waals surface area contributed by atoms with E-state index in [2.05, 4.69) is 24.1 Å². The Balaban J connectivity index is 1.72. The van der Waals surface area contributed by atoms with Crippen LogP contribution in [-0.4, -0.2) is 94.8 Å². The fourth-order valence-electron chi connectivity index (χ4n) is 6.79. The predicted octanol–water partition coefficient (Wildman–Crippen LogP) is 4.30. The second kappa shape index (κ2) is 15.3. The van der Waals surface area contributed by atoms with Gasteiger partial charge in [-0.05, 0) is 90.5 Å². The quantitative estimate of drug-likeness (QED) is 0.286. The van der Waals surface area contributed by atoms with E-state index in [0.717, 1.165) is 57.9 Å². The first-order chi connectivity index (χ1) is 19.8. The van der Waals surface area contributed by atoms with Crippen molar-refractivity contribution in [2.24, 2.45) is 11.8 Å². The first kappa shape index (κ1) is 34.1. The Labute approximate surface area is 253 Å². The minimum Gasteiger partial charge on any atom is -0.461 e. The number of hydrogen-bond donors (Lipinski definition) is 1. The third kappa shape index (κ3) is 8.35. The van der Waals surface area contributed by atoms with E-state index in [-0.39, 0.29) is 59.8 Å². The highest BCUT2D eigenvalue weighted by Gasteiger charge is 2.39. The lowest BCUT2D eigenvalue weighted by Crippen LogP contribution is -2.58. The highest BCUT2D eigenvalue weighted by atomic mass is 16.5. The van der Waals surface area contributed by atoms with Crippen LogP contribution in [0.3, 0.4) is 0 Å². The van der Waals surface area contributed by atoms with Crippen molar-refractivity contribution in [1.82, 2.24) is 20.0 Å². The van der Waals surface area contributed by atoms with Gasteiger partial charge in [-0.25, -0.2) is 4.79 Å². The van der Waals surface area contributed by atoms with Gasteiger partial charge in [0.2, 0.25) is 17.7 Å². The van der Waals surface area contributed by atoms with E-state index in [9.17, 15) is 19.2 Å². The van der Waals surface area contributed by atoms with Gasteiger partial charge in [0.05, 0.1) is 12.1 Å². The first-order valence-electron chi connectivity index (χ1n) is 16.4. The number of amides is 3. The van der Waals surface area contributed by atoms with Crippen LogP contribution in [-0.2, 0) is 23.9 Å². The fraction of sp³-hybridized carbons (Fsp3) is 0.818. The van der Waals surface area contributed by atoms with E-state index < -0.39 is 12.1 Å². The van der Waals surface area contributed by atoms with Gasteiger partial charge >= 0.3 is 5.97 Å². The number of likely N-dealkylation sites (N-methyl/N-ethyl adjacent to an activating group) is 1. The van der Waals surface area contributed by atoms with Crippen LogP contribution in [0.15, 0.2) is 11.6 Å². The first-order valence-corrected chi connectivity index (χ1v) is 16.4. The van der Waals surface area contributed by atoms with Gasteiger partial charge < -0.3 is 19.9 Å². The predicted molar refractivity (Wildman–Crippen MR) is 164 cm³/mol. The van der Waals surface area contributed by atoms with E-state index in [1.165, 1.54) is 0 Å². The summed E-state index contributed by atoms with van der Waals surface area (Å²) in [7, 11) is 1.75. The number of ether oxygens (including phenoxy) is 1. The van der Waals surface area contributed by atoms with Gasteiger partial charge in [-0.3, -0.25) is 19.3 Å². The van der Waals surface area contributed by atoms with Crippen LogP contribution >= 0.6 is 0 Å². The Kier molecular flexibility index (Phi) is 12.5. The van der Waals surface area contributed by atoms with E-state index in [1.54, 1.807) is 23.8 Å². The lowest BCUT2D eigenvalue weighted by atomic mass is 9.95. The number of rotatable bonds is 11. The Hall–Kier alpha value is -2.42. The Morgan fingerprint density at radius 3 is 2.05 bits per heavy atom. The zero-order valence-corrected chi connectivity index (χ0v) is 27.4. The standard InChI is InChI=1S/C33H56N4O5/c1-21(2)28(20-24(7)31(39)37-19-13-17-27(37)33(41)42-25-14-9-10-15-25)35(8)32(40)29(22(3)4)34-30(38)26-16-11-12-18-36(26)23(5)6/h20-23,25-29H,9-19H2,1-8H3,(H,34,38)/t26?,27-,28+,29-/m0/s1. The van der Waals surface area contributed by atoms with Crippen LogP contribution in [0, 0.1) is 11.8 Å². The number of nitrogens with zero attached hydrogens (tertiary/aromatic N) is 3. The maximum atomic E-state index is 13.9. The van der Waals surface area contributed by atoms with Crippen LogP contribution in [0.25, 0.3) is 0 Å². The minimum absolute atomic E-state index is 0.0293. The molecule has 0 radical (unpaired) electrons. The molecule has 9 heteroatoms. The second-order valence-corrected chi connectivity index (χ2v) is 13.6. The lowest BCUT2D eigenvalue weighted by Gasteiger charge is -2.39. The molecule has 4 atom stereocenters. The summed E-state index contributed by atoms with van der Waals surface area (Å²) in [6, 6.07) is -1.55. The molecular weight excluding hydrogens is 532 g/mol. The van der Waals surface area contributed by atoms with Crippen LogP contribution in [0.4, 0.5) is 0 Å². The van der Waals surface area contributed by atoms with E-state index in [1.807, 2.05) is 33.8 Å². The van der Waals surface area contributed by atoms with Crippen LogP contribution in [0.1, 0.15) is 106 Å². The van der Waals surface area contributed by atoms with E-state index in [4.69, 9.17) is 4.74 Å². The maximum Gasteiger partial charge on any atom is 0.329 e. The van der Waals surface area contributed by atoms with Crippen molar-refractivity contribution in [3.63, 3.8) is 0 Å². The van der Waals surface area contributed by atoms with Crippen LogP contribution in [0.2, 0.25) is 0 Å². The van der Waals surface area contributed by atoms with Crippen molar-refractivity contribution in [2.75, 3.05) is 20.1 Å². The molecule has 0 spiro atoms. The Morgan fingerprint density at radius 1 is 0.833 bits per heavy atom. The van der Waals surface area contributed by atoms with Gasteiger partial charge in [0.1, 0.15) is 18.2 Å². The van der Waals surface area contributed by atoms with Crippen molar-refractivity contribution in [3.05, 3.63) is 11.6 Å². The third-order valence-electron chi connectivity index (χ3n) is 9.35. The third-order valence-corrected chi connectivity index (χ3v) is 9.35. The molecule has 238 valence electrons. The summed E-state index contributed by atoms with van der Waals surface area (Å²) in [6.45, 7) is 15.3. The van der Waals surface area contributed by atoms with Crippen LogP contribution in [0.5, 0.6) is 0 Å². The zero-order chi connectivity index (χ0) is 31.1. The normalized spacial score (nSPS) is 23.9. The maximum absolute atomic E-state index is 13.9. The minimum atomic E-state index is -0.669. The highest BCUT2D eigenvalue weighted by Crippen LogP contribution is 2.27. The highest BCUT2D eigenvalue weighted by molar-refractivity contribution is 5.96. The molecule has 0 aromatic rings. The molecule has 1 aliphatic carbocycles.